The Kier molecular flexibility index (Phi) is 6.04. The number of hydrogen-bond acceptors (Lipinski definition) is 4. The third kappa shape index (κ3) is 4.59. The van der Waals surface area contributed by atoms with Crippen LogP contribution in [0, 0.1) is 0 Å². The Morgan fingerprint density at radius 3 is 2.56 bits per heavy atom. The summed E-state index contributed by atoms with van der Waals surface area (Å²) in [5.41, 5.74) is 2.04. The number of ether oxygens (including phenoxy) is 2. The number of rotatable bonds is 6. The number of hydrogen-bond donors (Lipinski definition) is 2. The quantitative estimate of drug-likeness (QED) is 0.847. The largest absolute Gasteiger partial charge is 0.494 e. The molecule has 2 aromatic carbocycles. The summed E-state index contributed by atoms with van der Waals surface area (Å²) in [7, 11) is 0. The second-order valence-corrected chi connectivity index (χ2v) is 5.92. The highest BCUT2D eigenvalue weighted by molar-refractivity contribution is 5.82. The Balaban J connectivity index is 1.81. The van der Waals surface area contributed by atoms with Gasteiger partial charge in [-0.3, -0.25) is 4.79 Å². The number of morpholine rings is 1. The Morgan fingerprint density at radius 2 is 1.92 bits per heavy atom. The second kappa shape index (κ2) is 8.65. The SMILES string of the molecule is CCOc1ccc(C(NC(=O)C2CNCCO2)c2ccccc2)cc1. The fourth-order valence-electron chi connectivity index (χ4n) is 2.90. The molecule has 1 aliphatic heterocycles. The van der Waals surface area contributed by atoms with Gasteiger partial charge in [0.1, 0.15) is 11.9 Å². The predicted octanol–water partition coefficient (Wildman–Crippen LogP) is 2.28. The van der Waals surface area contributed by atoms with E-state index in [0.29, 0.717) is 19.8 Å². The molecule has 3 rings (SSSR count). The minimum atomic E-state index is -0.456. The normalized spacial score (nSPS) is 18.4. The van der Waals surface area contributed by atoms with Crippen LogP contribution in [0.5, 0.6) is 5.75 Å². The zero-order valence-corrected chi connectivity index (χ0v) is 14.4. The molecule has 25 heavy (non-hydrogen) atoms. The van der Waals surface area contributed by atoms with Crippen molar-refractivity contribution in [2.24, 2.45) is 0 Å². The van der Waals surface area contributed by atoms with Crippen LogP contribution in [-0.2, 0) is 9.53 Å². The molecule has 1 heterocycles. The standard InChI is InChI=1S/C20H24N2O3/c1-2-24-17-10-8-16(9-11-17)19(15-6-4-3-5-7-15)22-20(23)18-14-21-12-13-25-18/h3-11,18-19,21H,2,12-14H2,1H3,(H,22,23). The molecule has 5 nitrogen and oxygen atoms in total. The maximum Gasteiger partial charge on any atom is 0.251 e. The molecule has 2 aromatic rings. The van der Waals surface area contributed by atoms with E-state index in [2.05, 4.69) is 10.6 Å². The van der Waals surface area contributed by atoms with Crippen molar-refractivity contribution in [3.63, 3.8) is 0 Å². The minimum absolute atomic E-state index is 0.102. The van der Waals surface area contributed by atoms with Crippen LogP contribution in [0.2, 0.25) is 0 Å². The third-order valence-electron chi connectivity index (χ3n) is 4.16. The van der Waals surface area contributed by atoms with Crippen molar-refractivity contribution in [3.05, 3.63) is 65.7 Å². The molecule has 2 unspecified atom stereocenters. The van der Waals surface area contributed by atoms with E-state index >= 15 is 0 Å². The lowest BCUT2D eigenvalue weighted by Crippen LogP contribution is -2.48. The van der Waals surface area contributed by atoms with Gasteiger partial charge in [0.15, 0.2) is 0 Å². The highest BCUT2D eigenvalue weighted by Gasteiger charge is 2.25. The molecule has 0 radical (unpaired) electrons. The molecular formula is C20H24N2O3. The fraction of sp³-hybridized carbons (Fsp3) is 0.350. The molecule has 0 bridgehead atoms. The first kappa shape index (κ1) is 17.5. The Bertz CT molecular complexity index is 667. The molecule has 2 atom stereocenters. The van der Waals surface area contributed by atoms with Crippen molar-refractivity contribution in [1.29, 1.82) is 0 Å². The first-order valence-corrected chi connectivity index (χ1v) is 8.68. The number of nitrogens with one attached hydrogen (secondary N) is 2. The first-order valence-electron chi connectivity index (χ1n) is 8.68. The number of amides is 1. The van der Waals surface area contributed by atoms with Gasteiger partial charge in [0.2, 0.25) is 0 Å². The lowest BCUT2D eigenvalue weighted by Gasteiger charge is -2.26. The lowest BCUT2D eigenvalue weighted by molar-refractivity contribution is -0.134. The van der Waals surface area contributed by atoms with Crippen molar-refractivity contribution in [3.8, 4) is 5.75 Å². The number of benzene rings is 2. The van der Waals surface area contributed by atoms with Gasteiger partial charge in [-0.25, -0.2) is 0 Å². The van der Waals surface area contributed by atoms with Gasteiger partial charge >= 0.3 is 0 Å². The molecule has 0 saturated carbocycles. The van der Waals surface area contributed by atoms with Gasteiger partial charge in [-0.05, 0) is 30.2 Å². The van der Waals surface area contributed by atoms with Crippen molar-refractivity contribution in [2.75, 3.05) is 26.3 Å². The third-order valence-corrected chi connectivity index (χ3v) is 4.16. The van der Waals surface area contributed by atoms with Gasteiger partial charge in [-0.2, -0.15) is 0 Å². The first-order chi connectivity index (χ1) is 12.3. The molecule has 5 heteroatoms. The molecular weight excluding hydrogens is 316 g/mol. The molecule has 0 aromatic heterocycles. The lowest BCUT2D eigenvalue weighted by atomic mass is 9.98. The topological polar surface area (TPSA) is 59.6 Å². The van der Waals surface area contributed by atoms with E-state index in [1.165, 1.54) is 0 Å². The van der Waals surface area contributed by atoms with Gasteiger partial charge in [0.25, 0.3) is 5.91 Å². The molecule has 0 aliphatic carbocycles. The van der Waals surface area contributed by atoms with Crippen LogP contribution < -0.4 is 15.4 Å². The predicted molar refractivity (Wildman–Crippen MR) is 96.6 cm³/mol. The summed E-state index contributed by atoms with van der Waals surface area (Å²) in [5.74, 6) is 0.721. The summed E-state index contributed by atoms with van der Waals surface area (Å²) in [6, 6.07) is 17.6. The highest BCUT2D eigenvalue weighted by Crippen LogP contribution is 2.24. The van der Waals surface area contributed by atoms with E-state index in [1.807, 2.05) is 61.5 Å². The van der Waals surface area contributed by atoms with Gasteiger partial charge in [0, 0.05) is 13.1 Å². The zero-order chi connectivity index (χ0) is 17.5. The summed E-state index contributed by atoms with van der Waals surface area (Å²) < 4.78 is 11.1. The summed E-state index contributed by atoms with van der Waals surface area (Å²) in [4.78, 5) is 12.6. The van der Waals surface area contributed by atoms with Crippen molar-refractivity contribution >= 4 is 5.91 Å². The van der Waals surface area contributed by atoms with Crippen LogP contribution in [0.3, 0.4) is 0 Å². The van der Waals surface area contributed by atoms with E-state index < -0.39 is 6.10 Å². The number of carbonyl (C=O) groups excluding carboxylic acids is 1. The summed E-state index contributed by atoms with van der Waals surface area (Å²) in [5, 5.41) is 6.31. The maximum absolute atomic E-state index is 12.6. The van der Waals surface area contributed by atoms with E-state index in [9.17, 15) is 4.79 Å². The van der Waals surface area contributed by atoms with E-state index in [0.717, 1.165) is 23.4 Å². The number of carbonyl (C=O) groups is 1. The zero-order valence-electron chi connectivity index (χ0n) is 14.4. The van der Waals surface area contributed by atoms with Gasteiger partial charge in [-0.1, -0.05) is 42.5 Å². The average molecular weight is 340 g/mol. The molecule has 0 spiro atoms. The molecule has 132 valence electrons. The Hall–Kier alpha value is -2.37. The highest BCUT2D eigenvalue weighted by atomic mass is 16.5. The van der Waals surface area contributed by atoms with Crippen molar-refractivity contribution < 1.29 is 14.3 Å². The maximum atomic E-state index is 12.6. The van der Waals surface area contributed by atoms with Gasteiger partial charge < -0.3 is 20.1 Å². The Labute approximate surface area is 148 Å². The van der Waals surface area contributed by atoms with Crippen LogP contribution in [0.15, 0.2) is 54.6 Å². The molecule has 1 amide bonds. The molecule has 1 aliphatic rings. The summed E-state index contributed by atoms with van der Waals surface area (Å²) in [6.07, 6.45) is -0.456. The monoisotopic (exact) mass is 340 g/mol. The van der Waals surface area contributed by atoms with Crippen molar-refractivity contribution in [1.82, 2.24) is 10.6 Å². The fourth-order valence-corrected chi connectivity index (χ4v) is 2.90. The Morgan fingerprint density at radius 1 is 1.20 bits per heavy atom. The van der Waals surface area contributed by atoms with Gasteiger partial charge in [0.05, 0.1) is 19.3 Å². The van der Waals surface area contributed by atoms with Gasteiger partial charge in [-0.15, -0.1) is 0 Å². The summed E-state index contributed by atoms with van der Waals surface area (Å²) >= 11 is 0. The van der Waals surface area contributed by atoms with Crippen LogP contribution in [0.4, 0.5) is 0 Å². The summed E-state index contributed by atoms with van der Waals surface area (Å²) in [6.45, 7) is 4.46. The van der Waals surface area contributed by atoms with Crippen molar-refractivity contribution in [2.45, 2.75) is 19.1 Å². The van der Waals surface area contributed by atoms with E-state index in [1.54, 1.807) is 0 Å². The second-order valence-electron chi connectivity index (χ2n) is 5.92. The van der Waals surface area contributed by atoms with Crippen LogP contribution in [0.25, 0.3) is 0 Å². The smallest absolute Gasteiger partial charge is 0.251 e. The van der Waals surface area contributed by atoms with E-state index in [-0.39, 0.29) is 11.9 Å². The van der Waals surface area contributed by atoms with Crippen LogP contribution in [-0.4, -0.2) is 38.3 Å². The average Bonchev–Trinajstić information content (AvgIpc) is 2.68. The molecule has 2 N–H and O–H groups in total. The minimum Gasteiger partial charge on any atom is -0.494 e. The molecule has 1 fully saturated rings. The van der Waals surface area contributed by atoms with Crippen LogP contribution >= 0.6 is 0 Å². The van der Waals surface area contributed by atoms with Crippen LogP contribution in [0.1, 0.15) is 24.1 Å². The van der Waals surface area contributed by atoms with E-state index in [4.69, 9.17) is 9.47 Å². The molecule has 1 saturated heterocycles.